The zero-order valence-corrected chi connectivity index (χ0v) is 16.7. The molecular formula is C24H26N2O3. The first-order chi connectivity index (χ1) is 13.9. The van der Waals surface area contributed by atoms with E-state index >= 15 is 0 Å². The molecule has 4 rings (SSSR count). The third-order valence-electron chi connectivity index (χ3n) is 6.03. The maximum Gasteiger partial charge on any atom is 0.326 e. The number of nitrogens with one attached hydrogen (secondary N) is 2. The molecule has 0 radical (unpaired) electrons. The van der Waals surface area contributed by atoms with E-state index in [2.05, 4.69) is 22.1 Å². The van der Waals surface area contributed by atoms with Gasteiger partial charge in [0, 0.05) is 17.9 Å². The second-order valence-corrected chi connectivity index (χ2v) is 8.31. The highest BCUT2D eigenvalue weighted by Gasteiger charge is 2.44. The van der Waals surface area contributed by atoms with Crippen LogP contribution in [0.2, 0.25) is 0 Å². The number of hydrogen-bond acceptors (Lipinski definition) is 3. The maximum absolute atomic E-state index is 12.6. The number of benzene rings is 2. The Bertz CT molecular complexity index is 1110. The van der Waals surface area contributed by atoms with Gasteiger partial charge in [0.05, 0.1) is 5.69 Å². The van der Waals surface area contributed by atoms with Crippen LogP contribution in [0.15, 0.2) is 64.2 Å². The van der Waals surface area contributed by atoms with Gasteiger partial charge in [0.2, 0.25) is 0 Å². The molecule has 1 aliphatic rings. The van der Waals surface area contributed by atoms with Crippen LogP contribution in [0.25, 0.3) is 0 Å². The highest BCUT2D eigenvalue weighted by atomic mass is 16.3. The molecule has 1 aliphatic carbocycles. The second-order valence-electron chi connectivity index (χ2n) is 8.31. The molecule has 5 heteroatoms. The number of rotatable bonds is 5. The Kier molecular flexibility index (Phi) is 5.01. The van der Waals surface area contributed by atoms with E-state index in [9.17, 15) is 14.7 Å². The summed E-state index contributed by atoms with van der Waals surface area (Å²) in [6.45, 7) is 3.80. The number of fused-ring (bicyclic) bond motifs is 1. The first-order valence-electron chi connectivity index (χ1n) is 10.1. The lowest BCUT2D eigenvalue weighted by Gasteiger charge is -2.36. The molecular weight excluding hydrogens is 364 g/mol. The fraction of sp³-hybridized carbons (Fsp3) is 0.333. The van der Waals surface area contributed by atoms with Crippen molar-refractivity contribution < 1.29 is 5.11 Å². The van der Waals surface area contributed by atoms with Crippen molar-refractivity contribution in [3.8, 4) is 0 Å². The third-order valence-corrected chi connectivity index (χ3v) is 6.03. The van der Waals surface area contributed by atoms with Crippen LogP contribution in [0.3, 0.4) is 0 Å². The van der Waals surface area contributed by atoms with E-state index in [1.165, 1.54) is 11.1 Å². The van der Waals surface area contributed by atoms with Gasteiger partial charge < -0.3 is 10.1 Å². The fourth-order valence-corrected chi connectivity index (χ4v) is 4.63. The van der Waals surface area contributed by atoms with E-state index in [0.717, 1.165) is 5.56 Å². The molecule has 0 aliphatic heterocycles. The lowest BCUT2D eigenvalue weighted by atomic mass is 9.75. The van der Waals surface area contributed by atoms with Gasteiger partial charge in [-0.25, -0.2) is 4.79 Å². The van der Waals surface area contributed by atoms with E-state index in [-0.39, 0.29) is 11.8 Å². The predicted octanol–water partition coefficient (Wildman–Crippen LogP) is 3.03. The van der Waals surface area contributed by atoms with Crippen molar-refractivity contribution in [1.82, 2.24) is 9.97 Å². The first kappa shape index (κ1) is 19.4. The third kappa shape index (κ3) is 3.58. The first-order valence-corrected chi connectivity index (χ1v) is 10.1. The zero-order chi connectivity index (χ0) is 20.6. The van der Waals surface area contributed by atoms with Crippen molar-refractivity contribution in [3.63, 3.8) is 0 Å². The number of hydrogen-bond donors (Lipinski definition) is 3. The van der Waals surface area contributed by atoms with Gasteiger partial charge in [-0.05, 0) is 35.4 Å². The lowest BCUT2D eigenvalue weighted by Crippen LogP contribution is -2.44. The number of aliphatic hydroxyl groups is 1. The minimum absolute atomic E-state index is 0.142. The Balaban J connectivity index is 1.89. The minimum atomic E-state index is -1.37. The molecule has 0 saturated heterocycles. The largest absolute Gasteiger partial charge is 0.383 e. The summed E-state index contributed by atoms with van der Waals surface area (Å²) in [5.41, 5.74) is 1.79. The Morgan fingerprint density at radius 1 is 0.966 bits per heavy atom. The van der Waals surface area contributed by atoms with Crippen molar-refractivity contribution in [2.24, 2.45) is 5.92 Å². The van der Waals surface area contributed by atoms with E-state index < -0.39 is 16.9 Å². The Morgan fingerprint density at radius 3 is 2.14 bits per heavy atom. The van der Waals surface area contributed by atoms with Gasteiger partial charge in [-0.15, -0.1) is 0 Å². The normalized spacial score (nSPS) is 16.0. The number of H-pyrrole nitrogens is 2. The van der Waals surface area contributed by atoms with Crippen LogP contribution in [-0.2, 0) is 24.9 Å². The molecule has 0 bridgehead atoms. The smallest absolute Gasteiger partial charge is 0.326 e. The van der Waals surface area contributed by atoms with Gasteiger partial charge in [0.25, 0.3) is 5.56 Å². The van der Waals surface area contributed by atoms with Gasteiger partial charge in [0.1, 0.15) is 5.60 Å². The van der Waals surface area contributed by atoms with Crippen LogP contribution >= 0.6 is 0 Å². The maximum atomic E-state index is 12.6. The number of aromatic nitrogens is 2. The summed E-state index contributed by atoms with van der Waals surface area (Å²) in [6, 6.07) is 17.9. The average molecular weight is 390 g/mol. The quantitative estimate of drug-likeness (QED) is 0.626. The molecule has 0 amide bonds. The van der Waals surface area contributed by atoms with Gasteiger partial charge in [0.15, 0.2) is 0 Å². The minimum Gasteiger partial charge on any atom is -0.383 e. The molecule has 1 aromatic heterocycles. The van der Waals surface area contributed by atoms with Crippen LogP contribution in [0, 0.1) is 5.92 Å². The van der Waals surface area contributed by atoms with Crippen molar-refractivity contribution in [2.45, 2.75) is 44.6 Å². The fourth-order valence-electron chi connectivity index (χ4n) is 4.63. The van der Waals surface area contributed by atoms with Crippen molar-refractivity contribution >= 4 is 0 Å². The van der Waals surface area contributed by atoms with E-state index in [1.807, 2.05) is 56.3 Å². The van der Waals surface area contributed by atoms with Gasteiger partial charge >= 0.3 is 5.69 Å². The highest BCUT2D eigenvalue weighted by Crippen LogP contribution is 2.42. The topological polar surface area (TPSA) is 85.9 Å². The van der Waals surface area contributed by atoms with Gasteiger partial charge in [-0.1, -0.05) is 68.4 Å². The Morgan fingerprint density at radius 2 is 1.55 bits per heavy atom. The summed E-state index contributed by atoms with van der Waals surface area (Å²) in [6.07, 6.45) is 1.73. The van der Waals surface area contributed by atoms with Crippen LogP contribution in [0.4, 0.5) is 0 Å². The SMILES string of the molecule is CC(C)c1c(C(O)(Cc2ccccc2)C2Cc3ccccc3C2)[nH]c(=O)[nH]c1=O. The summed E-state index contributed by atoms with van der Waals surface area (Å²) in [5.74, 6) is -0.285. The Hall–Kier alpha value is -2.92. The molecule has 3 aromatic rings. The van der Waals surface area contributed by atoms with Crippen LogP contribution in [0.5, 0.6) is 0 Å². The molecule has 5 nitrogen and oxygen atoms in total. The molecule has 150 valence electrons. The molecule has 0 fully saturated rings. The second kappa shape index (κ2) is 7.48. The van der Waals surface area contributed by atoms with Crippen molar-refractivity contribution in [1.29, 1.82) is 0 Å². The van der Waals surface area contributed by atoms with Crippen LogP contribution in [0.1, 0.15) is 47.7 Å². The molecule has 29 heavy (non-hydrogen) atoms. The zero-order valence-electron chi connectivity index (χ0n) is 16.7. The molecule has 1 unspecified atom stereocenters. The van der Waals surface area contributed by atoms with E-state index in [4.69, 9.17) is 0 Å². The molecule has 2 aromatic carbocycles. The predicted molar refractivity (Wildman–Crippen MR) is 113 cm³/mol. The summed E-state index contributed by atoms with van der Waals surface area (Å²) < 4.78 is 0. The molecule has 1 heterocycles. The molecule has 3 N–H and O–H groups in total. The van der Waals surface area contributed by atoms with Gasteiger partial charge in [-0.2, -0.15) is 0 Å². The van der Waals surface area contributed by atoms with E-state index in [0.29, 0.717) is 30.5 Å². The van der Waals surface area contributed by atoms with Gasteiger partial charge in [-0.3, -0.25) is 9.78 Å². The standard InChI is InChI=1S/C24H26N2O3/c1-15(2)20-21(25-23(28)26-22(20)27)24(29,14-16-8-4-3-5-9-16)19-12-17-10-6-7-11-18(17)13-19/h3-11,15,19,29H,12-14H2,1-2H3,(H2,25,26,27,28). The summed E-state index contributed by atoms with van der Waals surface area (Å²) >= 11 is 0. The van der Waals surface area contributed by atoms with E-state index in [1.54, 1.807) is 0 Å². The molecule has 0 saturated carbocycles. The average Bonchev–Trinajstić information content (AvgIpc) is 3.12. The van der Waals surface area contributed by atoms with Crippen LogP contribution in [-0.4, -0.2) is 15.1 Å². The summed E-state index contributed by atoms with van der Waals surface area (Å²) in [5, 5.41) is 12.2. The molecule has 1 atom stereocenters. The molecule has 0 spiro atoms. The van der Waals surface area contributed by atoms with Crippen molar-refractivity contribution in [2.75, 3.05) is 0 Å². The van der Waals surface area contributed by atoms with Crippen LogP contribution < -0.4 is 11.2 Å². The summed E-state index contributed by atoms with van der Waals surface area (Å²) in [4.78, 5) is 30.0. The summed E-state index contributed by atoms with van der Waals surface area (Å²) in [7, 11) is 0. The Labute approximate surface area is 169 Å². The lowest BCUT2D eigenvalue weighted by molar-refractivity contribution is -0.0259. The monoisotopic (exact) mass is 390 g/mol. The van der Waals surface area contributed by atoms with Crippen molar-refractivity contribution in [3.05, 3.63) is 103 Å². The number of aromatic amines is 2. The highest BCUT2D eigenvalue weighted by molar-refractivity contribution is 5.37.